The van der Waals surface area contributed by atoms with E-state index in [1.807, 2.05) is 0 Å². The number of esters is 1. The molecule has 1 aliphatic carbocycles. The average molecular weight is 341 g/mol. The van der Waals surface area contributed by atoms with Gasteiger partial charge in [-0.2, -0.15) is 0 Å². The van der Waals surface area contributed by atoms with Crippen molar-refractivity contribution in [1.82, 2.24) is 0 Å². The number of hydrogen-bond donors (Lipinski definition) is 1. The summed E-state index contributed by atoms with van der Waals surface area (Å²) in [5.74, 6) is -0.0473. The molecular formula is C18H32O4Si. The molecule has 132 valence electrons. The molecular weight excluding hydrogens is 308 g/mol. The summed E-state index contributed by atoms with van der Waals surface area (Å²) >= 11 is 0. The van der Waals surface area contributed by atoms with Crippen molar-refractivity contribution in [2.45, 2.75) is 89.3 Å². The predicted molar refractivity (Wildman–Crippen MR) is 93.7 cm³/mol. The van der Waals surface area contributed by atoms with Gasteiger partial charge in [0, 0.05) is 18.4 Å². The minimum atomic E-state index is -1.81. The molecule has 23 heavy (non-hydrogen) atoms. The fraction of sp³-hybridized carbons (Fsp3) is 0.833. The Morgan fingerprint density at radius 1 is 1.30 bits per heavy atom. The van der Waals surface area contributed by atoms with Crippen molar-refractivity contribution in [2.75, 3.05) is 0 Å². The first-order valence-electron chi connectivity index (χ1n) is 8.80. The molecule has 0 unspecified atom stereocenters. The van der Waals surface area contributed by atoms with Gasteiger partial charge in [-0.3, -0.25) is 4.79 Å². The zero-order valence-electron chi connectivity index (χ0n) is 15.2. The topological polar surface area (TPSA) is 55.8 Å². The fourth-order valence-corrected chi connectivity index (χ4v) is 4.43. The minimum Gasteiger partial charge on any atom is -0.462 e. The number of carbonyl (C=O) groups excluding carboxylic acids is 1. The van der Waals surface area contributed by atoms with Gasteiger partial charge in [0.15, 0.2) is 8.32 Å². The molecule has 0 saturated carbocycles. The second-order valence-corrected chi connectivity index (χ2v) is 13.3. The average Bonchev–Trinajstić information content (AvgIpc) is 2.74. The maximum absolute atomic E-state index is 11.5. The van der Waals surface area contributed by atoms with Crippen LogP contribution in [0.1, 0.15) is 52.9 Å². The van der Waals surface area contributed by atoms with E-state index in [-0.39, 0.29) is 29.1 Å². The molecule has 2 aliphatic rings. The Morgan fingerprint density at radius 3 is 2.65 bits per heavy atom. The molecule has 1 aliphatic heterocycles. The summed E-state index contributed by atoms with van der Waals surface area (Å²) in [5, 5.41) is 10.5. The summed E-state index contributed by atoms with van der Waals surface area (Å²) in [4.78, 5) is 11.5. The number of ether oxygens (including phenoxy) is 1. The maximum atomic E-state index is 11.5. The van der Waals surface area contributed by atoms with Crippen LogP contribution in [0.5, 0.6) is 0 Å². The van der Waals surface area contributed by atoms with Gasteiger partial charge in [-0.15, -0.1) is 0 Å². The fourth-order valence-electron chi connectivity index (χ4n) is 3.03. The number of aliphatic hydroxyl groups is 1. The molecule has 5 heteroatoms. The molecule has 0 aromatic carbocycles. The number of carbonyl (C=O) groups is 1. The summed E-state index contributed by atoms with van der Waals surface area (Å²) in [6.07, 6.45) is 7.17. The van der Waals surface area contributed by atoms with Crippen molar-refractivity contribution in [3.8, 4) is 0 Å². The predicted octanol–water partition coefficient (Wildman–Crippen LogP) is 3.80. The highest BCUT2D eigenvalue weighted by atomic mass is 28.4. The third-order valence-corrected chi connectivity index (χ3v) is 10.1. The van der Waals surface area contributed by atoms with E-state index in [2.05, 4.69) is 46.0 Å². The summed E-state index contributed by atoms with van der Waals surface area (Å²) in [6, 6.07) is 0. The van der Waals surface area contributed by atoms with Crippen LogP contribution in [-0.2, 0) is 14.0 Å². The Bertz CT molecular complexity index is 452. The zero-order valence-corrected chi connectivity index (χ0v) is 16.2. The van der Waals surface area contributed by atoms with Crippen LogP contribution < -0.4 is 0 Å². The van der Waals surface area contributed by atoms with Gasteiger partial charge >= 0.3 is 5.97 Å². The Labute approximate surface area is 141 Å². The molecule has 4 nitrogen and oxygen atoms in total. The Morgan fingerprint density at radius 2 is 2.00 bits per heavy atom. The lowest BCUT2D eigenvalue weighted by atomic mass is 9.92. The number of aliphatic hydroxyl groups excluding tert-OH is 1. The van der Waals surface area contributed by atoms with E-state index in [0.717, 1.165) is 12.8 Å². The molecule has 0 amide bonds. The van der Waals surface area contributed by atoms with Crippen LogP contribution in [-0.4, -0.2) is 37.7 Å². The van der Waals surface area contributed by atoms with Gasteiger partial charge in [0.1, 0.15) is 6.10 Å². The normalized spacial score (nSPS) is 34.6. The van der Waals surface area contributed by atoms with E-state index in [1.165, 1.54) is 0 Å². The van der Waals surface area contributed by atoms with Gasteiger partial charge in [0.05, 0.1) is 12.5 Å². The standard InChI is InChI=1S/C18H32O4Si/c1-18(2,3)23(4,5)22-15-8-6-7-13-11-17(20)21-16(13)12-14(19)9-10-15/h6-7,13-16,19H,8-12H2,1-5H3/b7-6-/t13-,14+,15-,16-/m1/s1. The van der Waals surface area contributed by atoms with E-state index >= 15 is 0 Å². The first kappa shape index (κ1) is 18.7. The van der Waals surface area contributed by atoms with Crippen molar-refractivity contribution in [2.24, 2.45) is 5.92 Å². The molecule has 0 aromatic rings. The number of fused-ring (bicyclic) bond motifs is 1. The van der Waals surface area contributed by atoms with E-state index in [0.29, 0.717) is 19.3 Å². The van der Waals surface area contributed by atoms with Crippen LogP contribution in [0.15, 0.2) is 12.2 Å². The first-order valence-corrected chi connectivity index (χ1v) is 11.7. The molecule has 1 saturated heterocycles. The molecule has 4 atom stereocenters. The SMILES string of the molecule is CC(C)(C)[Si](C)(C)O[C@@H]1C/C=C\[C@@H]2CC(=O)O[C@@H]2C[C@@H](O)CC1. The third-order valence-electron chi connectivity index (χ3n) is 5.54. The minimum absolute atomic E-state index is 0.101. The van der Waals surface area contributed by atoms with E-state index in [1.54, 1.807) is 0 Å². The summed E-state index contributed by atoms with van der Waals surface area (Å²) in [7, 11) is -1.81. The molecule has 2 rings (SSSR count). The van der Waals surface area contributed by atoms with E-state index in [9.17, 15) is 9.90 Å². The number of hydrogen-bond acceptors (Lipinski definition) is 4. The zero-order chi connectivity index (χ0) is 17.3. The van der Waals surface area contributed by atoms with Crippen molar-refractivity contribution in [1.29, 1.82) is 0 Å². The van der Waals surface area contributed by atoms with Crippen LogP contribution in [0, 0.1) is 5.92 Å². The molecule has 1 fully saturated rings. The molecule has 0 radical (unpaired) electrons. The van der Waals surface area contributed by atoms with Crippen LogP contribution in [0.25, 0.3) is 0 Å². The summed E-state index contributed by atoms with van der Waals surface area (Å²) in [5.41, 5.74) is 0. The lowest BCUT2D eigenvalue weighted by Gasteiger charge is -2.39. The molecule has 1 N–H and O–H groups in total. The third kappa shape index (κ3) is 4.91. The lowest BCUT2D eigenvalue weighted by Crippen LogP contribution is -2.44. The largest absolute Gasteiger partial charge is 0.462 e. The van der Waals surface area contributed by atoms with Crippen molar-refractivity contribution < 1.29 is 19.1 Å². The van der Waals surface area contributed by atoms with Gasteiger partial charge in [-0.25, -0.2) is 0 Å². The molecule has 0 bridgehead atoms. The summed E-state index contributed by atoms with van der Waals surface area (Å²) in [6.45, 7) is 11.3. The maximum Gasteiger partial charge on any atom is 0.306 e. The van der Waals surface area contributed by atoms with Crippen molar-refractivity contribution in [3.63, 3.8) is 0 Å². The monoisotopic (exact) mass is 340 g/mol. The lowest BCUT2D eigenvalue weighted by molar-refractivity contribution is -0.142. The highest BCUT2D eigenvalue weighted by Gasteiger charge is 2.39. The number of rotatable bonds is 2. The van der Waals surface area contributed by atoms with Crippen molar-refractivity contribution >= 4 is 14.3 Å². The van der Waals surface area contributed by atoms with Gasteiger partial charge < -0.3 is 14.3 Å². The highest BCUT2D eigenvalue weighted by molar-refractivity contribution is 6.74. The molecule has 1 heterocycles. The Balaban J connectivity index is 2.06. The van der Waals surface area contributed by atoms with Crippen LogP contribution in [0.4, 0.5) is 0 Å². The second-order valence-electron chi connectivity index (χ2n) is 8.53. The Kier molecular flexibility index (Phi) is 5.75. The van der Waals surface area contributed by atoms with Gasteiger partial charge in [0.25, 0.3) is 0 Å². The van der Waals surface area contributed by atoms with E-state index in [4.69, 9.17) is 9.16 Å². The van der Waals surface area contributed by atoms with Crippen molar-refractivity contribution in [3.05, 3.63) is 12.2 Å². The molecule has 0 aromatic heterocycles. The smallest absolute Gasteiger partial charge is 0.306 e. The van der Waals surface area contributed by atoms with E-state index < -0.39 is 14.4 Å². The van der Waals surface area contributed by atoms with Gasteiger partial charge in [-0.05, 0) is 37.4 Å². The highest BCUT2D eigenvalue weighted by Crippen LogP contribution is 2.38. The van der Waals surface area contributed by atoms with Gasteiger partial charge in [-0.1, -0.05) is 32.9 Å². The summed E-state index contributed by atoms with van der Waals surface area (Å²) < 4.78 is 11.9. The van der Waals surface area contributed by atoms with Crippen LogP contribution in [0.3, 0.4) is 0 Å². The molecule has 0 spiro atoms. The van der Waals surface area contributed by atoms with Gasteiger partial charge in [0.2, 0.25) is 0 Å². The Hall–Kier alpha value is -0.653. The second kappa shape index (κ2) is 7.07. The van der Waals surface area contributed by atoms with Crippen LogP contribution in [0.2, 0.25) is 18.1 Å². The first-order chi connectivity index (χ1) is 10.6. The quantitative estimate of drug-likeness (QED) is 0.472. The van der Waals surface area contributed by atoms with Crippen LogP contribution >= 0.6 is 0 Å².